The van der Waals surface area contributed by atoms with Gasteiger partial charge < -0.3 is 16.6 Å². The third kappa shape index (κ3) is 5.85. The molecule has 0 saturated heterocycles. The maximum Gasteiger partial charge on any atom is 0.204 e. The second kappa shape index (κ2) is 10.1. The van der Waals surface area contributed by atoms with Crippen LogP contribution in [0.2, 0.25) is 0 Å². The molecule has 4 rings (SSSR count). The summed E-state index contributed by atoms with van der Waals surface area (Å²) in [5.74, 6) is 0. The number of carbonyl (C=O) groups excluding carboxylic acids is 1. The summed E-state index contributed by atoms with van der Waals surface area (Å²) in [5.41, 5.74) is 15.8. The lowest BCUT2D eigenvalue weighted by molar-refractivity contribution is -0.106. The van der Waals surface area contributed by atoms with E-state index < -0.39 is 16.6 Å². The van der Waals surface area contributed by atoms with Crippen molar-refractivity contribution in [1.29, 1.82) is 0 Å². The molecular weight excluding hydrogens is 476 g/mol. The highest BCUT2D eigenvalue weighted by atomic mass is 79.9. The van der Waals surface area contributed by atoms with Crippen LogP contribution in [0.4, 0.5) is 5.69 Å². The van der Waals surface area contributed by atoms with Crippen LogP contribution in [-0.4, -0.2) is 20.7 Å². The van der Waals surface area contributed by atoms with E-state index >= 15 is 0 Å². The number of aryl methyl sites for hydroxylation is 2. The van der Waals surface area contributed by atoms with Crippen LogP contribution in [0.5, 0.6) is 0 Å². The highest BCUT2D eigenvalue weighted by molar-refractivity contribution is 9.10. The molecule has 0 bridgehead atoms. The largest absolute Gasteiger partial charge is 0.398 e. The molecule has 0 spiro atoms. The van der Waals surface area contributed by atoms with E-state index in [4.69, 9.17) is 20.7 Å². The van der Waals surface area contributed by atoms with Gasteiger partial charge in [-0.15, -0.1) is 11.3 Å². The summed E-state index contributed by atoms with van der Waals surface area (Å²) in [6.07, 6.45) is 7.34. The van der Waals surface area contributed by atoms with Gasteiger partial charge in [-0.05, 0) is 85.5 Å². The summed E-state index contributed by atoms with van der Waals surface area (Å²) < 4.78 is 12.2. The van der Waals surface area contributed by atoms with Crippen molar-refractivity contribution >= 4 is 50.3 Å². The zero-order valence-electron chi connectivity index (χ0n) is 16.5. The molecule has 7 N–H and O–H groups in total. The fourth-order valence-electron chi connectivity index (χ4n) is 3.42. The Hall–Kier alpha value is -1.33. The first kappa shape index (κ1) is 23.9. The second-order valence-corrected chi connectivity index (χ2v) is 10.5. The molecule has 160 valence electrons. The Kier molecular flexibility index (Phi) is 8.36. The number of fused-ring (bicyclic) bond motifs is 2. The number of halogens is 1. The van der Waals surface area contributed by atoms with Crippen LogP contribution in [0.1, 0.15) is 54.1 Å². The molecule has 2 aliphatic rings. The number of aromatic nitrogens is 1. The normalized spacial score (nSPS) is 15.3. The molecule has 1 unspecified atom stereocenters. The molecule has 0 fully saturated rings. The molecule has 10 heteroatoms. The number of nitrogen functional groups attached to an aromatic ring is 1. The van der Waals surface area contributed by atoms with E-state index in [-0.39, 0.29) is 6.41 Å². The zero-order valence-corrected chi connectivity index (χ0v) is 19.8. The van der Waals surface area contributed by atoms with E-state index in [2.05, 4.69) is 21.7 Å². The number of anilines is 1. The maximum absolute atomic E-state index is 11.0. The van der Waals surface area contributed by atoms with E-state index in [0.717, 1.165) is 36.2 Å². The van der Waals surface area contributed by atoms with Crippen molar-refractivity contribution in [2.45, 2.75) is 62.2 Å². The number of carbonyl (C=O) groups is 1. The lowest BCUT2D eigenvalue weighted by Crippen LogP contribution is -2.12. The number of thiophene rings is 1. The number of rotatable bonds is 2. The molecular formula is C19H27BrN4O3S2. The van der Waals surface area contributed by atoms with Gasteiger partial charge in [-0.3, -0.25) is 9.78 Å². The molecule has 2 aromatic rings. The molecule has 0 radical (unpaired) electrons. The zero-order chi connectivity index (χ0) is 21.8. The van der Waals surface area contributed by atoms with Crippen LogP contribution in [-0.2, 0) is 47.1 Å². The number of primary amides is 1. The van der Waals surface area contributed by atoms with Gasteiger partial charge in [-0.2, -0.15) is 0 Å². The highest BCUT2D eigenvalue weighted by Crippen LogP contribution is 2.35. The lowest BCUT2D eigenvalue weighted by Gasteiger charge is -2.13. The van der Waals surface area contributed by atoms with Crippen molar-refractivity contribution in [3.8, 4) is 0 Å². The molecule has 1 amide bonds. The van der Waals surface area contributed by atoms with Gasteiger partial charge in [0.15, 0.2) is 0 Å². The van der Waals surface area contributed by atoms with Crippen molar-refractivity contribution in [1.82, 2.24) is 4.98 Å². The van der Waals surface area contributed by atoms with Crippen LogP contribution >= 0.6 is 27.3 Å². The summed E-state index contributed by atoms with van der Waals surface area (Å²) in [6, 6.07) is 1.74. The maximum atomic E-state index is 11.0. The minimum absolute atomic E-state index is 0.250. The first-order valence-corrected chi connectivity index (χ1v) is 12.0. The van der Waals surface area contributed by atoms with E-state index in [1.165, 1.54) is 46.7 Å². The van der Waals surface area contributed by atoms with Crippen molar-refractivity contribution in [2.24, 2.45) is 10.9 Å². The van der Waals surface area contributed by atoms with E-state index in [1.54, 1.807) is 19.9 Å². The highest BCUT2D eigenvalue weighted by Gasteiger charge is 2.24. The molecule has 2 aromatic heterocycles. The van der Waals surface area contributed by atoms with Crippen LogP contribution in [0.3, 0.4) is 0 Å². The molecule has 0 saturated carbocycles. The van der Waals surface area contributed by atoms with Gasteiger partial charge >= 0.3 is 0 Å². The first-order valence-electron chi connectivity index (χ1n) is 9.22. The molecule has 0 aliphatic heterocycles. The predicted octanol–water partition coefficient (Wildman–Crippen LogP) is 2.46. The van der Waals surface area contributed by atoms with Crippen molar-refractivity contribution in [3.05, 3.63) is 37.9 Å². The number of hydrogen-bond donors (Lipinski definition) is 4. The topological polar surface area (TPSA) is 145 Å². The number of nitrogens with two attached hydrogens (primary N) is 3. The Bertz CT molecular complexity index is 878. The number of aliphatic hydroxyl groups is 1. The van der Waals surface area contributed by atoms with Gasteiger partial charge in [0.1, 0.15) is 15.2 Å². The van der Waals surface area contributed by atoms with Gasteiger partial charge in [-0.1, -0.05) is 0 Å². The second-order valence-electron chi connectivity index (χ2n) is 7.32. The summed E-state index contributed by atoms with van der Waals surface area (Å²) in [4.78, 5) is 14.0. The van der Waals surface area contributed by atoms with E-state index in [0.29, 0.717) is 8.68 Å². The van der Waals surface area contributed by atoms with Gasteiger partial charge in [-0.25, -0.2) is 9.35 Å². The first-order chi connectivity index (χ1) is 13.6. The molecule has 7 nitrogen and oxygen atoms in total. The number of hydrogen-bond acceptors (Lipinski definition) is 6. The third-order valence-electron chi connectivity index (χ3n) is 4.74. The van der Waals surface area contributed by atoms with Crippen molar-refractivity contribution < 1.29 is 14.1 Å². The summed E-state index contributed by atoms with van der Waals surface area (Å²) >= 11 is 4.49. The van der Waals surface area contributed by atoms with Gasteiger partial charge in [0.2, 0.25) is 6.41 Å². The average molecular weight is 503 g/mol. The summed E-state index contributed by atoms with van der Waals surface area (Å²) in [6.45, 7) is 3.35. The minimum Gasteiger partial charge on any atom is -0.398 e. The number of nitrogens with zero attached hydrogens (tertiary/aromatic N) is 1. The molecule has 2 heterocycles. The Morgan fingerprint density at radius 2 is 1.69 bits per heavy atom. The average Bonchev–Trinajstić information content (AvgIpc) is 3.34. The Morgan fingerprint density at radius 3 is 2.03 bits per heavy atom. The standard InChI is InChI=1S/C11H14N2.C7H10BrNO2S2.CH3NO/c12-11-7-3-1-5-9(7)13-10-6-2-4-8(10)11;1-7(2,10)5-3-4(8)6(12-5)13(9)11;2-1-3/h1-6H2,(H2,12,13);3,10H,9H2,1-2H3;1H,(H2,2,3). The van der Waals surface area contributed by atoms with E-state index in [9.17, 15) is 9.32 Å². The van der Waals surface area contributed by atoms with Crippen LogP contribution in [0.15, 0.2) is 14.7 Å². The minimum atomic E-state index is -1.49. The van der Waals surface area contributed by atoms with Gasteiger partial charge in [0, 0.05) is 26.4 Å². The monoisotopic (exact) mass is 502 g/mol. The fourth-order valence-corrected chi connectivity index (χ4v) is 6.15. The summed E-state index contributed by atoms with van der Waals surface area (Å²) in [5, 5.41) is 14.9. The Labute approximate surface area is 185 Å². The number of pyridine rings is 1. The van der Waals surface area contributed by atoms with Crippen molar-refractivity contribution in [2.75, 3.05) is 5.73 Å². The number of amides is 1. The quantitative estimate of drug-likeness (QED) is 0.465. The summed E-state index contributed by atoms with van der Waals surface area (Å²) in [7, 11) is -1.49. The SMILES string of the molecule is CC(C)(O)c1cc(Br)c(S(N)=O)s1.NC=O.Nc1c2c(nc3c1CCC3)CCC2. The molecule has 0 aromatic carbocycles. The third-order valence-corrected chi connectivity index (χ3v) is 8.46. The van der Waals surface area contributed by atoms with Gasteiger partial charge in [0.25, 0.3) is 0 Å². The molecule has 29 heavy (non-hydrogen) atoms. The Morgan fingerprint density at radius 1 is 1.21 bits per heavy atom. The van der Waals surface area contributed by atoms with E-state index in [1.807, 2.05) is 0 Å². The molecule has 1 atom stereocenters. The smallest absolute Gasteiger partial charge is 0.204 e. The molecule has 2 aliphatic carbocycles. The predicted molar refractivity (Wildman–Crippen MR) is 121 cm³/mol. The van der Waals surface area contributed by atoms with Crippen LogP contribution in [0.25, 0.3) is 0 Å². The fraction of sp³-hybridized carbons (Fsp3) is 0.474. The van der Waals surface area contributed by atoms with Crippen LogP contribution in [0, 0.1) is 0 Å². The van der Waals surface area contributed by atoms with Gasteiger partial charge in [0.05, 0.1) is 5.60 Å². The van der Waals surface area contributed by atoms with Crippen LogP contribution < -0.4 is 16.6 Å². The Balaban J connectivity index is 0.000000183. The lowest BCUT2D eigenvalue weighted by atomic mass is 10.1. The van der Waals surface area contributed by atoms with Crippen molar-refractivity contribution in [3.63, 3.8) is 0 Å².